The van der Waals surface area contributed by atoms with Crippen LogP contribution in [0.1, 0.15) is 18.5 Å². The zero-order chi connectivity index (χ0) is 11.4. The fourth-order valence-electron chi connectivity index (χ4n) is 1.82. The number of nitriles is 1. The molecule has 0 aromatic carbocycles. The van der Waals surface area contributed by atoms with Crippen molar-refractivity contribution >= 4 is 17.2 Å². The summed E-state index contributed by atoms with van der Waals surface area (Å²) in [6.07, 6.45) is 3.43. The average molecular weight is 234 g/mol. The number of nitrogens with one attached hydrogen (secondary N) is 1. The summed E-state index contributed by atoms with van der Waals surface area (Å²) in [6, 6.07) is 5.82. The van der Waals surface area contributed by atoms with Crippen molar-refractivity contribution in [1.29, 1.82) is 5.26 Å². The van der Waals surface area contributed by atoms with Crippen LogP contribution in [0.4, 0.5) is 0 Å². The second-order valence-electron chi connectivity index (χ2n) is 3.70. The van der Waals surface area contributed by atoms with Crippen molar-refractivity contribution in [1.82, 2.24) is 10.3 Å². The molecule has 82 valence electrons. The molecule has 4 heteroatoms. The second kappa shape index (κ2) is 5.11. The first-order valence-corrected chi connectivity index (χ1v) is 5.64. The average Bonchev–Trinajstić information content (AvgIpc) is 2.34. The van der Waals surface area contributed by atoms with Crippen molar-refractivity contribution < 1.29 is 0 Å². The van der Waals surface area contributed by atoms with E-state index in [-0.39, 0.29) is 0 Å². The van der Waals surface area contributed by atoms with Gasteiger partial charge in [-0.1, -0.05) is 11.6 Å². The molecule has 1 aromatic heterocycles. The molecule has 2 heterocycles. The number of allylic oxidation sites excluding steroid dienone is 1. The number of pyridine rings is 1. The first-order valence-electron chi connectivity index (χ1n) is 5.26. The monoisotopic (exact) mass is 233 g/mol. The van der Waals surface area contributed by atoms with Crippen LogP contribution < -0.4 is 5.32 Å². The molecule has 0 radical (unpaired) electrons. The fraction of sp³-hybridized carbons (Fsp3) is 0.333. The Morgan fingerprint density at radius 3 is 2.69 bits per heavy atom. The third-order valence-corrected chi connectivity index (χ3v) is 2.88. The van der Waals surface area contributed by atoms with E-state index in [1.165, 1.54) is 5.57 Å². The van der Waals surface area contributed by atoms with E-state index in [4.69, 9.17) is 11.6 Å². The molecule has 2 rings (SSSR count). The Morgan fingerprint density at radius 2 is 2.12 bits per heavy atom. The standard InChI is InChI=1S/C12H12ClN3/c13-10-1-2-12(16-8-10)11(7-14)9-3-5-15-6-4-9/h1-2,8,15H,3-6H2. The molecule has 0 atom stereocenters. The maximum atomic E-state index is 9.20. The molecule has 0 unspecified atom stereocenters. The van der Waals surface area contributed by atoms with Crippen LogP contribution in [0.15, 0.2) is 23.9 Å². The van der Waals surface area contributed by atoms with Crippen LogP contribution in [0.3, 0.4) is 0 Å². The van der Waals surface area contributed by atoms with Gasteiger partial charge in [0, 0.05) is 6.20 Å². The first kappa shape index (κ1) is 11.1. The van der Waals surface area contributed by atoms with Gasteiger partial charge in [-0.2, -0.15) is 5.26 Å². The highest BCUT2D eigenvalue weighted by molar-refractivity contribution is 6.30. The topological polar surface area (TPSA) is 48.7 Å². The van der Waals surface area contributed by atoms with Crippen LogP contribution in [0.25, 0.3) is 5.57 Å². The molecule has 3 nitrogen and oxygen atoms in total. The van der Waals surface area contributed by atoms with Crippen molar-refractivity contribution in [2.45, 2.75) is 12.8 Å². The summed E-state index contributed by atoms with van der Waals surface area (Å²) < 4.78 is 0. The van der Waals surface area contributed by atoms with Gasteiger partial charge in [0.1, 0.15) is 6.07 Å². The molecule has 0 amide bonds. The second-order valence-corrected chi connectivity index (χ2v) is 4.14. The summed E-state index contributed by atoms with van der Waals surface area (Å²) in [6.45, 7) is 1.88. The van der Waals surface area contributed by atoms with Crippen molar-refractivity contribution in [3.63, 3.8) is 0 Å². The molecule has 1 N–H and O–H groups in total. The van der Waals surface area contributed by atoms with Crippen LogP contribution in [0, 0.1) is 11.3 Å². The molecule has 1 aliphatic heterocycles. The molecule has 16 heavy (non-hydrogen) atoms. The van der Waals surface area contributed by atoms with Gasteiger partial charge in [0.25, 0.3) is 0 Å². The van der Waals surface area contributed by atoms with E-state index in [2.05, 4.69) is 16.4 Å². The maximum Gasteiger partial charge on any atom is 0.101 e. The lowest BCUT2D eigenvalue weighted by Gasteiger charge is -2.16. The smallest absolute Gasteiger partial charge is 0.101 e. The number of aromatic nitrogens is 1. The number of piperidine rings is 1. The molecule has 0 aliphatic carbocycles. The SMILES string of the molecule is N#CC(=C1CCNCC1)c1ccc(Cl)cn1. The van der Waals surface area contributed by atoms with Crippen molar-refractivity contribution in [2.75, 3.05) is 13.1 Å². The minimum absolute atomic E-state index is 0.594. The van der Waals surface area contributed by atoms with Crippen molar-refractivity contribution in [3.05, 3.63) is 34.6 Å². The highest BCUT2D eigenvalue weighted by atomic mass is 35.5. The van der Waals surface area contributed by atoms with Gasteiger partial charge in [-0.3, -0.25) is 4.98 Å². The molecule has 0 bridgehead atoms. The van der Waals surface area contributed by atoms with Gasteiger partial charge in [-0.15, -0.1) is 0 Å². The summed E-state index contributed by atoms with van der Waals surface area (Å²) in [7, 11) is 0. The number of nitrogens with zero attached hydrogens (tertiary/aromatic N) is 2. The predicted molar refractivity (Wildman–Crippen MR) is 63.9 cm³/mol. The van der Waals surface area contributed by atoms with Crippen molar-refractivity contribution in [3.8, 4) is 6.07 Å². The number of halogens is 1. The Hall–Kier alpha value is -1.37. The number of hydrogen-bond acceptors (Lipinski definition) is 3. The zero-order valence-electron chi connectivity index (χ0n) is 8.83. The fourth-order valence-corrected chi connectivity index (χ4v) is 1.93. The quantitative estimate of drug-likeness (QED) is 0.758. The van der Waals surface area contributed by atoms with Gasteiger partial charge in [0.05, 0.1) is 16.3 Å². The largest absolute Gasteiger partial charge is 0.316 e. The molecular formula is C12H12ClN3. The van der Waals surface area contributed by atoms with Crippen LogP contribution in [0.2, 0.25) is 5.02 Å². The summed E-state index contributed by atoms with van der Waals surface area (Å²) in [5.41, 5.74) is 2.62. The lowest BCUT2D eigenvalue weighted by Crippen LogP contribution is -2.23. The summed E-state index contributed by atoms with van der Waals surface area (Å²) in [4.78, 5) is 4.19. The minimum atomic E-state index is 0.594. The minimum Gasteiger partial charge on any atom is -0.316 e. The van der Waals surface area contributed by atoms with E-state index in [1.807, 2.05) is 0 Å². The Labute approximate surface area is 99.8 Å². The van der Waals surface area contributed by atoms with Gasteiger partial charge in [0.2, 0.25) is 0 Å². The summed E-state index contributed by atoms with van der Waals surface area (Å²) in [5.74, 6) is 0. The zero-order valence-corrected chi connectivity index (χ0v) is 9.59. The van der Waals surface area contributed by atoms with E-state index in [9.17, 15) is 5.26 Å². The molecule has 0 saturated carbocycles. The molecule has 0 spiro atoms. The van der Waals surface area contributed by atoms with Gasteiger partial charge in [0.15, 0.2) is 0 Å². The molecule has 1 fully saturated rings. The van der Waals surface area contributed by atoms with Gasteiger partial charge < -0.3 is 5.32 Å². The van der Waals surface area contributed by atoms with Crippen LogP contribution in [-0.4, -0.2) is 18.1 Å². The van der Waals surface area contributed by atoms with Gasteiger partial charge in [-0.25, -0.2) is 0 Å². The van der Waals surface area contributed by atoms with Crippen molar-refractivity contribution in [2.24, 2.45) is 0 Å². The molecule has 1 aliphatic rings. The Bertz CT molecular complexity index is 434. The third-order valence-electron chi connectivity index (χ3n) is 2.66. The molecule has 1 saturated heterocycles. The lowest BCUT2D eigenvalue weighted by atomic mass is 9.97. The summed E-state index contributed by atoms with van der Waals surface area (Å²) in [5, 5.41) is 13.1. The normalized spacial score (nSPS) is 15.6. The first-order chi connectivity index (χ1) is 7.81. The third kappa shape index (κ3) is 2.41. The molecule has 1 aromatic rings. The van der Waals surface area contributed by atoms with Gasteiger partial charge in [-0.05, 0) is 43.6 Å². The number of rotatable bonds is 1. The Morgan fingerprint density at radius 1 is 1.38 bits per heavy atom. The van der Waals surface area contributed by atoms with Crippen LogP contribution in [-0.2, 0) is 0 Å². The van der Waals surface area contributed by atoms with E-state index >= 15 is 0 Å². The Kier molecular flexibility index (Phi) is 3.55. The Balaban J connectivity index is 2.35. The highest BCUT2D eigenvalue weighted by Crippen LogP contribution is 2.23. The summed E-state index contributed by atoms with van der Waals surface area (Å²) >= 11 is 5.77. The van der Waals surface area contributed by atoms with Crippen LogP contribution in [0.5, 0.6) is 0 Å². The van der Waals surface area contributed by atoms with Crippen LogP contribution >= 0.6 is 11.6 Å². The predicted octanol–water partition coefficient (Wildman–Crippen LogP) is 2.40. The van der Waals surface area contributed by atoms with Gasteiger partial charge >= 0.3 is 0 Å². The van der Waals surface area contributed by atoms with E-state index in [0.29, 0.717) is 10.6 Å². The van der Waals surface area contributed by atoms with E-state index in [1.54, 1.807) is 18.3 Å². The van der Waals surface area contributed by atoms with E-state index in [0.717, 1.165) is 31.6 Å². The maximum absolute atomic E-state index is 9.20. The highest BCUT2D eigenvalue weighted by Gasteiger charge is 2.13. The van der Waals surface area contributed by atoms with E-state index < -0.39 is 0 Å². The lowest BCUT2D eigenvalue weighted by molar-refractivity contribution is 0.612. The number of hydrogen-bond donors (Lipinski definition) is 1. The molecular weight excluding hydrogens is 222 g/mol.